The highest BCUT2D eigenvalue weighted by molar-refractivity contribution is 6.31. The van der Waals surface area contributed by atoms with E-state index in [9.17, 15) is 4.79 Å². The van der Waals surface area contributed by atoms with Crippen LogP contribution in [0.4, 0.5) is 0 Å². The number of benzene rings is 3. The van der Waals surface area contributed by atoms with Crippen LogP contribution in [0.25, 0.3) is 22.3 Å². The minimum absolute atomic E-state index is 0.149. The summed E-state index contributed by atoms with van der Waals surface area (Å²) < 4.78 is 11.9. The summed E-state index contributed by atoms with van der Waals surface area (Å²) in [6.45, 7) is 0.248. The van der Waals surface area contributed by atoms with Crippen LogP contribution in [-0.2, 0) is 6.61 Å². The lowest BCUT2D eigenvalue weighted by molar-refractivity contribution is 0.298. The lowest BCUT2D eigenvalue weighted by Gasteiger charge is -2.12. The number of hydrogen-bond acceptors (Lipinski definition) is 3. The Bertz CT molecular complexity index is 1150. The number of hydrogen-bond donors (Lipinski definition) is 0. The van der Waals surface area contributed by atoms with Gasteiger partial charge >= 0.3 is 0 Å². The number of fused-ring (bicyclic) bond motifs is 1. The summed E-state index contributed by atoms with van der Waals surface area (Å²) in [4.78, 5) is 13.1. The zero-order valence-corrected chi connectivity index (χ0v) is 15.6. The normalized spacial score (nSPS) is 10.9. The monoisotopic (exact) mass is 396 g/mol. The second kappa shape index (κ2) is 7.47. The van der Waals surface area contributed by atoms with Gasteiger partial charge in [0.2, 0.25) is 11.2 Å². The van der Waals surface area contributed by atoms with E-state index in [2.05, 4.69) is 0 Å². The Morgan fingerprint density at radius 1 is 0.852 bits per heavy atom. The summed E-state index contributed by atoms with van der Waals surface area (Å²) >= 11 is 12.0. The van der Waals surface area contributed by atoms with Crippen molar-refractivity contribution in [1.29, 1.82) is 0 Å². The number of ether oxygens (including phenoxy) is 1. The topological polar surface area (TPSA) is 39.4 Å². The van der Waals surface area contributed by atoms with E-state index in [-0.39, 0.29) is 17.8 Å². The summed E-state index contributed by atoms with van der Waals surface area (Å²) in [6, 6.07) is 21.6. The smallest absolute Gasteiger partial charge is 0.235 e. The molecule has 0 aliphatic carbocycles. The predicted octanol–water partition coefficient (Wildman–Crippen LogP) is 6.35. The van der Waals surface area contributed by atoms with Crippen molar-refractivity contribution in [3.8, 4) is 17.1 Å². The van der Waals surface area contributed by atoms with E-state index in [0.717, 1.165) is 5.56 Å². The quantitative estimate of drug-likeness (QED) is 0.403. The summed E-state index contributed by atoms with van der Waals surface area (Å²) in [5, 5.41) is 1.44. The van der Waals surface area contributed by atoms with Gasteiger partial charge in [0, 0.05) is 15.6 Å². The molecule has 0 aliphatic rings. The van der Waals surface area contributed by atoms with E-state index in [0.29, 0.717) is 32.3 Å². The standard InChI is InChI=1S/C22H14Cl2O3/c23-16-8-6-15(7-9-16)21-22(26-13-14-4-2-1-3-5-14)20(25)18-12-17(24)10-11-19(18)27-21/h1-12H,13H2. The maximum atomic E-state index is 13.1. The van der Waals surface area contributed by atoms with E-state index in [4.69, 9.17) is 32.4 Å². The van der Waals surface area contributed by atoms with Crippen LogP contribution >= 0.6 is 23.2 Å². The van der Waals surface area contributed by atoms with Crippen LogP contribution in [0.2, 0.25) is 10.0 Å². The van der Waals surface area contributed by atoms with E-state index in [1.807, 2.05) is 30.3 Å². The molecular formula is C22H14Cl2O3. The largest absolute Gasteiger partial charge is 0.481 e. The van der Waals surface area contributed by atoms with Gasteiger partial charge in [-0.25, -0.2) is 0 Å². The molecular weight excluding hydrogens is 383 g/mol. The molecule has 4 aromatic rings. The third-order valence-electron chi connectivity index (χ3n) is 4.14. The van der Waals surface area contributed by atoms with Crippen LogP contribution in [0.15, 0.2) is 82.0 Å². The van der Waals surface area contributed by atoms with E-state index in [1.165, 1.54) is 0 Å². The average Bonchev–Trinajstić information content (AvgIpc) is 2.69. The molecule has 0 N–H and O–H groups in total. The molecule has 0 saturated heterocycles. The Morgan fingerprint density at radius 3 is 2.30 bits per heavy atom. The molecule has 0 bridgehead atoms. The molecule has 5 heteroatoms. The molecule has 0 aliphatic heterocycles. The molecule has 0 fully saturated rings. The van der Waals surface area contributed by atoms with Crippen molar-refractivity contribution in [3.05, 3.63) is 98.6 Å². The van der Waals surface area contributed by atoms with Gasteiger partial charge in [-0.1, -0.05) is 53.5 Å². The molecule has 1 heterocycles. The van der Waals surface area contributed by atoms with E-state index < -0.39 is 0 Å². The molecule has 27 heavy (non-hydrogen) atoms. The van der Waals surface area contributed by atoms with Crippen LogP contribution in [0.5, 0.6) is 5.75 Å². The maximum absolute atomic E-state index is 13.1. The first-order valence-corrected chi connectivity index (χ1v) is 9.06. The molecule has 0 amide bonds. The lowest BCUT2D eigenvalue weighted by atomic mass is 10.1. The van der Waals surface area contributed by atoms with Crippen LogP contribution < -0.4 is 10.2 Å². The molecule has 4 rings (SSSR count). The second-order valence-corrected chi connectivity index (χ2v) is 6.88. The highest BCUT2D eigenvalue weighted by Gasteiger charge is 2.18. The van der Waals surface area contributed by atoms with Gasteiger partial charge in [0.15, 0.2) is 5.76 Å². The van der Waals surface area contributed by atoms with Crippen molar-refractivity contribution in [2.75, 3.05) is 0 Å². The molecule has 0 spiro atoms. The van der Waals surface area contributed by atoms with Gasteiger partial charge in [0.1, 0.15) is 12.2 Å². The van der Waals surface area contributed by atoms with Gasteiger partial charge < -0.3 is 9.15 Å². The highest BCUT2D eigenvalue weighted by atomic mass is 35.5. The fourth-order valence-corrected chi connectivity index (χ4v) is 3.10. The van der Waals surface area contributed by atoms with Gasteiger partial charge in [-0.15, -0.1) is 0 Å². The number of halogens is 2. The predicted molar refractivity (Wildman–Crippen MR) is 109 cm³/mol. The first-order valence-electron chi connectivity index (χ1n) is 8.31. The molecule has 0 atom stereocenters. The highest BCUT2D eigenvalue weighted by Crippen LogP contribution is 2.32. The molecule has 134 valence electrons. The van der Waals surface area contributed by atoms with Crippen molar-refractivity contribution >= 4 is 34.2 Å². The van der Waals surface area contributed by atoms with Crippen LogP contribution in [-0.4, -0.2) is 0 Å². The SMILES string of the molecule is O=c1c(OCc2ccccc2)c(-c2ccc(Cl)cc2)oc2ccc(Cl)cc12. The first kappa shape index (κ1) is 17.7. The number of rotatable bonds is 4. The fourth-order valence-electron chi connectivity index (χ4n) is 2.80. The summed E-state index contributed by atoms with van der Waals surface area (Å²) in [5.74, 6) is 0.512. The van der Waals surface area contributed by atoms with Gasteiger partial charge in [0.25, 0.3) is 0 Å². The van der Waals surface area contributed by atoms with Gasteiger partial charge in [-0.2, -0.15) is 0 Å². The van der Waals surface area contributed by atoms with E-state index in [1.54, 1.807) is 42.5 Å². The summed E-state index contributed by atoms with van der Waals surface area (Å²) in [6.07, 6.45) is 0. The Labute approximate surface area is 165 Å². The Balaban J connectivity index is 1.87. The Hall–Kier alpha value is -2.75. The lowest BCUT2D eigenvalue weighted by Crippen LogP contribution is -2.10. The zero-order chi connectivity index (χ0) is 18.8. The van der Waals surface area contributed by atoms with Crippen molar-refractivity contribution in [2.24, 2.45) is 0 Å². The molecule has 3 aromatic carbocycles. The summed E-state index contributed by atoms with van der Waals surface area (Å²) in [5.41, 5.74) is 1.84. The third kappa shape index (κ3) is 3.70. The third-order valence-corrected chi connectivity index (χ3v) is 4.63. The molecule has 0 unspecified atom stereocenters. The minimum Gasteiger partial charge on any atom is -0.481 e. The first-order chi connectivity index (χ1) is 13.1. The molecule has 3 nitrogen and oxygen atoms in total. The Morgan fingerprint density at radius 2 is 1.56 bits per heavy atom. The minimum atomic E-state index is -0.264. The van der Waals surface area contributed by atoms with Crippen molar-refractivity contribution in [2.45, 2.75) is 6.61 Å². The van der Waals surface area contributed by atoms with Gasteiger partial charge in [0.05, 0.1) is 5.39 Å². The van der Waals surface area contributed by atoms with Crippen LogP contribution in [0, 0.1) is 0 Å². The fraction of sp³-hybridized carbons (Fsp3) is 0.0455. The molecule has 0 radical (unpaired) electrons. The van der Waals surface area contributed by atoms with E-state index >= 15 is 0 Å². The van der Waals surface area contributed by atoms with Crippen molar-refractivity contribution in [3.63, 3.8) is 0 Å². The molecule has 1 aromatic heterocycles. The van der Waals surface area contributed by atoms with Crippen LogP contribution in [0.1, 0.15) is 5.56 Å². The van der Waals surface area contributed by atoms with Crippen molar-refractivity contribution < 1.29 is 9.15 Å². The van der Waals surface area contributed by atoms with Crippen molar-refractivity contribution in [1.82, 2.24) is 0 Å². The summed E-state index contributed by atoms with van der Waals surface area (Å²) in [7, 11) is 0. The van der Waals surface area contributed by atoms with Gasteiger partial charge in [-0.3, -0.25) is 4.79 Å². The Kier molecular flexibility index (Phi) is 4.88. The molecule has 0 saturated carbocycles. The average molecular weight is 397 g/mol. The van der Waals surface area contributed by atoms with Gasteiger partial charge in [-0.05, 0) is 48.0 Å². The van der Waals surface area contributed by atoms with Crippen LogP contribution in [0.3, 0.4) is 0 Å². The maximum Gasteiger partial charge on any atom is 0.235 e. The zero-order valence-electron chi connectivity index (χ0n) is 14.1. The second-order valence-electron chi connectivity index (χ2n) is 6.01.